The summed E-state index contributed by atoms with van der Waals surface area (Å²) in [6, 6.07) is 26.6. The number of nitrogens with zero attached hydrogens (tertiary/aromatic N) is 2. The molecule has 2 fully saturated rings. The summed E-state index contributed by atoms with van der Waals surface area (Å²) in [4.78, 5) is 42.4. The van der Waals surface area contributed by atoms with Crippen LogP contribution in [0.3, 0.4) is 0 Å². The lowest BCUT2D eigenvalue weighted by Gasteiger charge is -2.42. The van der Waals surface area contributed by atoms with Crippen molar-refractivity contribution in [2.24, 2.45) is 0 Å². The number of hydrogen-bond acceptors (Lipinski definition) is 5. The number of piperidine rings is 1. The summed E-state index contributed by atoms with van der Waals surface area (Å²) in [5.74, 6) is -1.31. The molecule has 6 rings (SSSR count). The number of aliphatic carboxylic acids is 1. The molecule has 3 aromatic carbocycles. The van der Waals surface area contributed by atoms with Gasteiger partial charge in [0.15, 0.2) is 0 Å². The molecule has 8 nitrogen and oxygen atoms in total. The molecule has 1 aliphatic heterocycles. The molecule has 2 N–H and O–H groups in total. The maximum atomic E-state index is 13.5. The molecule has 2 aliphatic carbocycles. The summed E-state index contributed by atoms with van der Waals surface area (Å²) in [7, 11) is 1.56. The van der Waals surface area contributed by atoms with Crippen molar-refractivity contribution in [2.45, 2.75) is 55.6 Å². The van der Waals surface area contributed by atoms with Gasteiger partial charge in [-0.05, 0) is 53.5 Å². The van der Waals surface area contributed by atoms with Crippen LogP contribution in [0, 0.1) is 0 Å². The molecule has 0 atom stereocenters. The van der Waals surface area contributed by atoms with Gasteiger partial charge in [0.25, 0.3) is 0 Å². The highest BCUT2D eigenvalue weighted by molar-refractivity contribution is 5.90. The summed E-state index contributed by atoms with van der Waals surface area (Å²) in [5.41, 5.74) is 3.84. The minimum absolute atomic E-state index is 0.0297. The maximum absolute atomic E-state index is 13.5. The molecular formula is C34H37N3O5. The first-order valence-corrected chi connectivity index (χ1v) is 14.7. The zero-order valence-electron chi connectivity index (χ0n) is 23.9. The van der Waals surface area contributed by atoms with Crippen LogP contribution in [0.25, 0.3) is 11.1 Å². The van der Waals surface area contributed by atoms with Crippen LogP contribution in [-0.2, 0) is 20.9 Å². The van der Waals surface area contributed by atoms with E-state index in [4.69, 9.17) is 4.74 Å². The fourth-order valence-corrected chi connectivity index (χ4v) is 6.64. The fraction of sp³-hybridized carbons (Fsp3) is 0.382. The van der Waals surface area contributed by atoms with Gasteiger partial charge < -0.3 is 20.1 Å². The Morgan fingerprint density at radius 3 is 2.02 bits per heavy atom. The van der Waals surface area contributed by atoms with Gasteiger partial charge >= 0.3 is 12.1 Å². The van der Waals surface area contributed by atoms with Crippen molar-refractivity contribution in [3.05, 3.63) is 95.6 Å². The number of ether oxygens (including phenoxy) is 1. The molecule has 1 heterocycles. The standard InChI is InChI=1S/C34H37N3O5/c1-36(34(15-16-34)31(39)40)30(38)21-33(17-19-37(20-18-33)22-24-9-3-2-4-10-24)35-32(41)42-23-29-27-13-7-5-11-25(27)26-12-6-8-14-28(26)29/h2-14,29H,15-23H2,1H3,(H,35,41)(H,39,40). The number of rotatable bonds is 9. The minimum atomic E-state index is -1.13. The van der Waals surface area contributed by atoms with E-state index >= 15 is 0 Å². The molecule has 0 spiro atoms. The minimum Gasteiger partial charge on any atom is -0.479 e. The topological polar surface area (TPSA) is 99.2 Å². The van der Waals surface area contributed by atoms with Crippen LogP contribution in [0.4, 0.5) is 4.79 Å². The number of nitrogens with one attached hydrogen (secondary N) is 1. The second kappa shape index (κ2) is 11.2. The lowest BCUT2D eigenvalue weighted by molar-refractivity contribution is -0.151. The number of amides is 2. The zero-order valence-corrected chi connectivity index (χ0v) is 23.9. The first-order valence-electron chi connectivity index (χ1n) is 14.7. The van der Waals surface area contributed by atoms with Crippen LogP contribution >= 0.6 is 0 Å². The second-order valence-corrected chi connectivity index (χ2v) is 12.0. The van der Waals surface area contributed by atoms with Crippen LogP contribution in [0.2, 0.25) is 0 Å². The van der Waals surface area contributed by atoms with Crippen LogP contribution in [0.1, 0.15) is 54.7 Å². The Bertz CT molecular complexity index is 1430. The lowest BCUT2D eigenvalue weighted by atomic mass is 9.83. The quantitative estimate of drug-likeness (QED) is 0.377. The first kappa shape index (κ1) is 28.0. The van der Waals surface area contributed by atoms with Gasteiger partial charge in [-0.3, -0.25) is 9.69 Å². The van der Waals surface area contributed by atoms with Gasteiger partial charge in [0.05, 0.1) is 12.0 Å². The Morgan fingerprint density at radius 1 is 0.881 bits per heavy atom. The van der Waals surface area contributed by atoms with Crippen LogP contribution in [0.5, 0.6) is 0 Å². The molecular weight excluding hydrogens is 530 g/mol. The molecule has 0 aromatic heterocycles. The fourth-order valence-electron chi connectivity index (χ4n) is 6.64. The highest BCUT2D eigenvalue weighted by atomic mass is 16.5. The van der Waals surface area contributed by atoms with E-state index in [1.807, 2.05) is 42.5 Å². The largest absolute Gasteiger partial charge is 0.479 e. The first-order chi connectivity index (χ1) is 20.3. The summed E-state index contributed by atoms with van der Waals surface area (Å²) in [5, 5.41) is 12.8. The number of hydrogen-bond donors (Lipinski definition) is 2. The number of carboxylic acid groups (broad SMARTS) is 1. The molecule has 3 aliphatic rings. The van der Waals surface area contributed by atoms with Crippen molar-refractivity contribution < 1.29 is 24.2 Å². The average Bonchev–Trinajstić information content (AvgIpc) is 3.76. The monoisotopic (exact) mass is 567 g/mol. The van der Waals surface area contributed by atoms with Crippen LogP contribution in [-0.4, -0.2) is 70.7 Å². The Labute approximate surface area is 246 Å². The smallest absolute Gasteiger partial charge is 0.407 e. The van der Waals surface area contributed by atoms with E-state index in [0.29, 0.717) is 38.8 Å². The Morgan fingerprint density at radius 2 is 1.45 bits per heavy atom. The van der Waals surface area contributed by atoms with E-state index in [2.05, 4.69) is 46.6 Å². The number of carbonyl (C=O) groups excluding carboxylic acids is 2. The van der Waals surface area contributed by atoms with E-state index in [1.165, 1.54) is 10.5 Å². The van der Waals surface area contributed by atoms with Gasteiger partial charge in [-0.25, -0.2) is 9.59 Å². The van der Waals surface area contributed by atoms with Gasteiger partial charge in [-0.2, -0.15) is 0 Å². The number of likely N-dealkylation sites (tertiary alicyclic amines) is 1. The molecule has 8 heteroatoms. The van der Waals surface area contributed by atoms with E-state index in [-0.39, 0.29) is 24.9 Å². The number of alkyl carbamates (subject to hydrolysis) is 1. The number of carboxylic acids is 1. The summed E-state index contributed by atoms with van der Waals surface area (Å²) in [6.45, 7) is 2.36. The highest BCUT2D eigenvalue weighted by Gasteiger charge is 2.56. The summed E-state index contributed by atoms with van der Waals surface area (Å²) in [6.07, 6.45) is 1.49. The predicted octanol–water partition coefficient (Wildman–Crippen LogP) is 5.03. The maximum Gasteiger partial charge on any atom is 0.407 e. The average molecular weight is 568 g/mol. The van der Waals surface area contributed by atoms with Crippen LogP contribution < -0.4 is 5.32 Å². The molecule has 0 radical (unpaired) electrons. The molecule has 2 amide bonds. The van der Waals surface area contributed by atoms with Gasteiger partial charge in [0.2, 0.25) is 5.91 Å². The van der Waals surface area contributed by atoms with E-state index < -0.39 is 23.1 Å². The van der Waals surface area contributed by atoms with Gasteiger partial charge in [0.1, 0.15) is 12.1 Å². The van der Waals surface area contributed by atoms with Crippen molar-refractivity contribution in [1.29, 1.82) is 0 Å². The number of fused-ring (bicyclic) bond motifs is 3. The molecule has 1 saturated heterocycles. The van der Waals surface area contributed by atoms with Gasteiger partial charge in [-0.15, -0.1) is 0 Å². The Kier molecular flexibility index (Phi) is 7.49. The van der Waals surface area contributed by atoms with Crippen molar-refractivity contribution in [3.63, 3.8) is 0 Å². The van der Waals surface area contributed by atoms with E-state index in [9.17, 15) is 19.5 Å². The van der Waals surface area contributed by atoms with E-state index in [1.54, 1.807) is 7.05 Å². The second-order valence-electron chi connectivity index (χ2n) is 12.0. The Hall–Kier alpha value is -4.17. The van der Waals surface area contributed by atoms with Crippen molar-refractivity contribution in [2.75, 3.05) is 26.7 Å². The molecule has 42 heavy (non-hydrogen) atoms. The SMILES string of the molecule is CN(C(=O)CC1(NC(=O)OCC2c3ccccc3-c3ccccc32)CCN(Cc2ccccc2)CC1)C1(C(=O)O)CC1. The van der Waals surface area contributed by atoms with Crippen molar-refractivity contribution in [3.8, 4) is 11.1 Å². The van der Waals surface area contributed by atoms with Crippen LogP contribution in [0.15, 0.2) is 78.9 Å². The van der Waals surface area contributed by atoms with Gasteiger partial charge in [-0.1, -0.05) is 78.9 Å². The van der Waals surface area contributed by atoms with E-state index in [0.717, 1.165) is 28.8 Å². The highest BCUT2D eigenvalue weighted by Crippen LogP contribution is 2.45. The predicted molar refractivity (Wildman–Crippen MR) is 159 cm³/mol. The number of benzene rings is 3. The third-order valence-electron chi connectivity index (χ3n) is 9.40. The summed E-state index contributed by atoms with van der Waals surface area (Å²) < 4.78 is 5.87. The van der Waals surface area contributed by atoms with Gasteiger partial charge in [0, 0.05) is 32.6 Å². The number of likely N-dealkylation sites (N-methyl/N-ethyl adjacent to an activating group) is 1. The molecule has 3 aromatic rings. The molecule has 0 unspecified atom stereocenters. The summed E-state index contributed by atoms with van der Waals surface area (Å²) >= 11 is 0. The van der Waals surface area contributed by atoms with Crippen molar-refractivity contribution >= 4 is 18.0 Å². The lowest BCUT2D eigenvalue weighted by Crippen LogP contribution is -2.58. The molecule has 218 valence electrons. The zero-order chi connectivity index (χ0) is 29.3. The number of carbonyl (C=O) groups is 3. The van der Waals surface area contributed by atoms with Crippen molar-refractivity contribution in [1.82, 2.24) is 15.1 Å². The Balaban J connectivity index is 1.15. The third kappa shape index (κ3) is 5.39. The molecule has 1 saturated carbocycles. The molecule has 0 bridgehead atoms. The normalized spacial score (nSPS) is 18.4. The third-order valence-corrected chi connectivity index (χ3v) is 9.40.